The molecule has 21 heavy (non-hydrogen) atoms. The average molecular weight is 288 g/mol. The fourth-order valence-electron chi connectivity index (χ4n) is 2.59. The molecule has 116 valence electrons. The second-order valence-corrected chi connectivity index (χ2v) is 6.54. The van der Waals surface area contributed by atoms with Gasteiger partial charge in [0.25, 0.3) is 5.91 Å². The van der Waals surface area contributed by atoms with Gasteiger partial charge < -0.3 is 5.32 Å². The predicted molar refractivity (Wildman–Crippen MR) is 87.3 cm³/mol. The summed E-state index contributed by atoms with van der Waals surface area (Å²) in [6.45, 7) is 9.69. The number of rotatable bonds is 5. The molecule has 1 heterocycles. The zero-order valence-electron chi connectivity index (χ0n) is 13.6. The van der Waals surface area contributed by atoms with Crippen LogP contribution in [0.15, 0.2) is 24.3 Å². The van der Waals surface area contributed by atoms with Gasteiger partial charge >= 0.3 is 0 Å². The van der Waals surface area contributed by atoms with Gasteiger partial charge in [-0.3, -0.25) is 9.69 Å². The Hall–Kier alpha value is -1.35. The minimum atomic E-state index is 0.0284. The molecule has 0 radical (unpaired) electrons. The van der Waals surface area contributed by atoms with Crippen LogP contribution in [-0.4, -0.2) is 29.9 Å². The molecule has 0 unspecified atom stereocenters. The third kappa shape index (κ3) is 4.85. The van der Waals surface area contributed by atoms with Crippen LogP contribution in [0.25, 0.3) is 0 Å². The largest absolute Gasteiger partial charge is 0.349 e. The zero-order valence-corrected chi connectivity index (χ0v) is 13.6. The first-order chi connectivity index (χ1) is 10.1. The lowest BCUT2D eigenvalue weighted by Gasteiger charge is -2.26. The molecular weight excluding hydrogens is 260 g/mol. The van der Waals surface area contributed by atoms with Gasteiger partial charge in [0.2, 0.25) is 0 Å². The Morgan fingerprint density at radius 2 is 1.71 bits per heavy atom. The first kappa shape index (κ1) is 16.0. The summed E-state index contributed by atoms with van der Waals surface area (Å²) < 4.78 is 0. The number of piperidine rings is 1. The Morgan fingerprint density at radius 3 is 2.29 bits per heavy atom. The molecule has 1 aromatic carbocycles. The maximum atomic E-state index is 12.1. The summed E-state index contributed by atoms with van der Waals surface area (Å²) in [6, 6.07) is 8.27. The van der Waals surface area contributed by atoms with Crippen LogP contribution in [0.3, 0.4) is 0 Å². The summed E-state index contributed by atoms with van der Waals surface area (Å²) in [6.07, 6.45) is 3.99. The first-order valence-electron chi connectivity index (χ1n) is 8.18. The number of carbonyl (C=O) groups is 1. The molecule has 1 aliphatic rings. The SMILES string of the molecule is CC(C)[C@H](C)NC(=O)c1ccc(CN2CCCCC2)cc1. The highest BCUT2D eigenvalue weighted by Crippen LogP contribution is 2.14. The molecule has 1 saturated heterocycles. The van der Waals surface area contributed by atoms with Gasteiger partial charge in [0.15, 0.2) is 0 Å². The normalized spacial score (nSPS) is 17.7. The quantitative estimate of drug-likeness (QED) is 0.900. The lowest BCUT2D eigenvalue weighted by Crippen LogP contribution is -2.36. The van der Waals surface area contributed by atoms with Gasteiger partial charge in [0.1, 0.15) is 0 Å². The Labute approximate surface area is 128 Å². The van der Waals surface area contributed by atoms with Crippen LogP contribution < -0.4 is 5.32 Å². The lowest BCUT2D eigenvalue weighted by molar-refractivity contribution is 0.0930. The maximum Gasteiger partial charge on any atom is 0.251 e. The number of carbonyl (C=O) groups excluding carboxylic acids is 1. The molecule has 1 aliphatic heterocycles. The lowest BCUT2D eigenvalue weighted by atomic mass is 10.1. The van der Waals surface area contributed by atoms with Crippen LogP contribution in [-0.2, 0) is 6.54 Å². The second kappa shape index (κ2) is 7.60. The van der Waals surface area contributed by atoms with E-state index in [-0.39, 0.29) is 11.9 Å². The topological polar surface area (TPSA) is 32.3 Å². The summed E-state index contributed by atoms with van der Waals surface area (Å²) in [5.74, 6) is 0.480. The van der Waals surface area contributed by atoms with Crippen LogP contribution in [0.2, 0.25) is 0 Å². The number of likely N-dealkylation sites (tertiary alicyclic amines) is 1. The van der Waals surface area contributed by atoms with Gasteiger partial charge in [-0.1, -0.05) is 32.4 Å². The van der Waals surface area contributed by atoms with Gasteiger partial charge in [-0.05, 0) is 56.5 Å². The number of nitrogens with zero attached hydrogens (tertiary/aromatic N) is 1. The van der Waals surface area contributed by atoms with Crippen molar-refractivity contribution in [1.82, 2.24) is 10.2 Å². The van der Waals surface area contributed by atoms with Crippen molar-refractivity contribution in [2.75, 3.05) is 13.1 Å². The van der Waals surface area contributed by atoms with E-state index >= 15 is 0 Å². The molecule has 2 rings (SSSR count). The Balaban J connectivity index is 1.90. The average Bonchev–Trinajstić information content (AvgIpc) is 2.48. The van der Waals surface area contributed by atoms with Crippen molar-refractivity contribution in [3.63, 3.8) is 0 Å². The van der Waals surface area contributed by atoms with E-state index in [9.17, 15) is 4.79 Å². The molecule has 3 nitrogen and oxygen atoms in total. The molecule has 1 N–H and O–H groups in total. The van der Waals surface area contributed by atoms with Crippen LogP contribution in [0.1, 0.15) is 56.0 Å². The van der Waals surface area contributed by atoms with E-state index in [0.29, 0.717) is 5.92 Å². The Bertz CT molecular complexity index is 447. The fraction of sp³-hybridized carbons (Fsp3) is 0.611. The molecule has 0 spiro atoms. The van der Waals surface area contributed by atoms with E-state index in [0.717, 1.165) is 12.1 Å². The van der Waals surface area contributed by atoms with Crippen molar-refractivity contribution in [3.8, 4) is 0 Å². The molecule has 1 fully saturated rings. The van der Waals surface area contributed by atoms with Crippen molar-refractivity contribution in [2.45, 2.75) is 52.6 Å². The molecule has 0 bridgehead atoms. The number of benzene rings is 1. The highest BCUT2D eigenvalue weighted by molar-refractivity contribution is 5.94. The van der Waals surface area contributed by atoms with Gasteiger partial charge in [0.05, 0.1) is 0 Å². The van der Waals surface area contributed by atoms with Crippen molar-refractivity contribution >= 4 is 5.91 Å². The smallest absolute Gasteiger partial charge is 0.251 e. The minimum Gasteiger partial charge on any atom is -0.349 e. The van der Waals surface area contributed by atoms with E-state index in [1.54, 1.807) is 0 Å². The monoisotopic (exact) mass is 288 g/mol. The van der Waals surface area contributed by atoms with Crippen molar-refractivity contribution < 1.29 is 4.79 Å². The van der Waals surface area contributed by atoms with Crippen molar-refractivity contribution in [2.24, 2.45) is 5.92 Å². The third-order valence-corrected chi connectivity index (χ3v) is 4.43. The van der Waals surface area contributed by atoms with Crippen LogP contribution >= 0.6 is 0 Å². The predicted octanol–water partition coefficient (Wildman–Crippen LogP) is 3.45. The standard InChI is InChI=1S/C18H28N2O/c1-14(2)15(3)19-18(21)17-9-7-16(8-10-17)13-20-11-5-4-6-12-20/h7-10,14-15H,4-6,11-13H2,1-3H3,(H,19,21)/t15-/m0/s1. The number of hydrogen-bond donors (Lipinski definition) is 1. The number of amides is 1. The van der Waals surface area contributed by atoms with Gasteiger partial charge in [0, 0.05) is 18.2 Å². The zero-order chi connectivity index (χ0) is 15.2. The van der Waals surface area contributed by atoms with E-state index in [4.69, 9.17) is 0 Å². The molecule has 1 aromatic rings. The molecular formula is C18H28N2O. The summed E-state index contributed by atoms with van der Waals surface area (Å²) in [5.41, 5.74) is 2.05. The molecule has 0 saturated carbocycles. The van der Waals surface area contributed by atoms with Gasteiger partial charge in [-0.25, -0.2) is 0 Å². The Morgan fingerprint density at radius 1 is 1.10 bits per heavy atom. The Kier molecular flexibility index (Phi) is 5.80. The van der Waals surface area contributed by atoms with Gasteiger partial charge in [-0.2, -0.15) is 0 Å². The van der Waals surface area contributed by atoms with E-state index in [1.165, 1.54) is 37.9 Å². The van der Waals surface area contributed by atoms with E-state index < -0.39 is 0 Å². The van der Waals surface area contributed by atoms with Crippen molar-refractivity contribution in [3.05, 3.63) is 35.4 Å². The summed E-state index contributed by atoms with van der Waals surface area (Å²) in [5, 5.41) is 3.05. The minimum absolute atomic E-state index is 0.0284. The third-order valence-electron chi connectivity index (χ3n) is 4.43. The van der Waals surface area contributed by atoms with Crippen molar-refractivity contribution in [1.29, 1.82) is 0 Å². The summed E-state index contributed by atoms with van der Waals surface area (Å²) in [4.78, 5) is 14.6. The summed E-state index contributed by atoms with van der Waals surface area (Å²) in [7, 11) is 0. The number of hydrogen-bond acceptors (Lipinski definition) is 2. The summed E-state index contributed by atoms with van der Waals surface area (Å²) >= 11 is 0. The molecule has 0 aliphatic carbocycles. The molecule has 3 heteroatoms. The van der Waals surface area contributed by atoms with Gasteiger partial charge in [-0.15, -0.1) is 0 Å². The van der Waals surface area contributed by atoms with Crippen LogP contribution in [0.4, 0.5) is 0 Å². The van der Waals surface area contributed by atoms with E-state index in [2.05, 4.69) is 36.2 Å². The van der Waals surface area contributed by atoms with E-state index in [1.807, 2.05) is 19.1 Å². The first-order valence-corrected chi connectivity index (χ1v) is 8.18. The highest BCUT2D eigenvalue weighted by Gasteiger charge is 2.13. The highest BCUT2D eigenvalue weighted by atomic mass is 16.1. The second-order valence-electron chi connectivity index (χ2n) is 6.54. The molecule has 0 aromatic heterocycles. The molecule has 1 amide bonds. The fourth-order valence-corrected chi connectivity index (χ4v) is 2.59. The number of nitrogens with one attached hydrogen (secondary N) is 1. The molecule has 1 atom stereocenters. The van der Waals surface area contributed by atoms with Crippen LogP contribution in [0, 0.1) is 5.92 Å². The maximum absolute atomic E-state index is 12.1. The van der Waals surface area contributed by atoms with Crippen LogP contribution in [0.5, 0.6) is 0 Å².